The number of pyridine rings is 1. The minimum atomic E-state index is -0.00547. The molecule has 0 fully saturated rings. The van der Waals surface area contributed by atoms with Gasteiger partial charge in [-0.05, 0) is 45.0 Å². The van der Waals surface area contributed by atoms with Crippen LogP contribution in [0.3, 0.4) is 0 Å². The Morgan fingerprint density at radius 3 is 2.48 bits per heavy atom. The average molecular weight is 567 g/mol. The van der Waals surface area contributed by atoms with E-state index < -0.39 is 0 Å². The zero-order valence-corrected chi connectivity index (χ0v) is 22.7. The van der Waals surface area contributed by atoms with Crippen LogP contribution < -0.4 is 10.6 Å². The molecular weight excluding hydrogens is 527 g/mol. The summed E-state index contributed by atoms with van der Waals surface area (Å²) in [5, 5.41) is 6.58. The van der Waals surface area contributed by atoms with Crippen LogP contribution in [0.2, 0.25) is 0 Å². The van der Waals surface area contributed by atoms with Crippen molar-refractivity contribution in [3.8, 4) is 0 Å². The summed E-state index contributed by atoms with van der Waals surface area (Å²) in [5.74, 6) is 0.672. The number of aliphatic imine (C=N–C) groups is 1. The molecule has 0 radical (unpaired) electrons. The molecule has 8 heteroatoms. The van der Waals surface area contributed by atoms with E-state index in [1.165, 1.54) is 5.56 Å². The number of hydrogen-bond acceptors (Lipinski definition) is 4. The van der Waals surface area contributed by atoms with Gasteiger partial charge in [0.05, 0.1) is 0 Å². The van der Waals surface area contributed by atoms with E-state index in [9.17, 15) is 4.79 Å². The molecule has 2 N–H and O–H groups in total. The molecule has 7 nitrogen and oxygen atoms in total. The summed E-state index contributed by atoms with van der Waals surface area (Å²) >= 11 is 0. The number of nitrogens with zero attached hydrogens (tertiary/aromatic N) is 4. The Kier molecular flexibility index (Phi) is 14.3. The number of halogens is 1. The highest BCUT2D eigenvalue weighted by atomic mass is 127. The number of benzene rings is 1. The number of carbonyl (C=O) groups is 1. The lowest BCUT2D eigenvalue weighted by molar-refractivity contribution is -0.128. The summed E-state index contributed by atoms with van der Waals surface area (Å²) in [4.78, 5) is 25.3. The molecule has 2 rings (SSSR count). The van der Waals surface area contributed by atoms with Gasteiger partial charge in [-0.3, -0.25) is 14.7 Å². The Morgan fingerprint density at radius 2 is 1.82 bits per heavy atom. The molecule has 0 bridgehead atoms. The summed E-state index contributed by atoms with van der Waals surface area (Å²) in [5.41, 5.74) is 2.30. The second-order valence-corrected chi connectivity index (χ2v) is 8.05. The fourth-order valence-corrected chi connectivity index (χ4v) is 3.21. The van der Waals surface area contributed by atoms with Crippen LogP contribution in [0, 0.1) is 0 Å². The van der Waals surface area contributed by atoms with E-state index >= 15 is 0 Å². The van der Waals surface area contributed by atoms with Crippen molar-refractivity contribution in [3.63, 3.8) is 0 Å². The van der Waals surface area contributed by atoms with E-state index in [-0.39, 0.29) is 36.4 Å². The normalized spacial score (nSPS) is 12.1. The molecule has 0 saturated carbocycles. The maximum absolute atomic E-state index is 12.5. The monoisotopic (exact) mass is 566 g/mol. The molecule has 1 atom stereocenters. The minimum Gasteiger partial charge on any atom is -0.357 e. The van der Waals surface area contributed by atoms with E-state index in [0.29, 0.717) is 18.5 Å². The SMILES string of the molecule is CCNC(=NCC(=O)N(C)CCc1ccccn1)NCCC(C)N(C)Cc1ccccc1.I. The fraction of sp³-hybridized carbons (Fsp3) is 0.480. The van der Waals surface area contributed by atoms with Crippen molar-refractivity contribution < 1.29 is 4.79 Å². The third-order valence-electron chi connectivity index (χ3n) is 5.45. The first-order valence-electron chi connectivity index (χ1n) is 11.4. The van der Waals surface area contributed by atoms with E-state index in [0.717, 1.165) is 38.2 Å². The standard InChI is InChI=1S/C25H38N6O.HI/c1-5-26-25(28-17-14-21(2)31(4)20-22-11-7-6-8-12-22)29-19-24(32)30(3)18-15-23-13-9-10-16-27-23;/h6-13,16,21H,5,14-15,17-20H2,1-4H3,(H2,26,28,29);1H. The van der Waals surface area contributed by atoms with Crippen molar-refractivity contribution in [2.75, 3.05) is 40.3 Å². The van der Waals surface area contributed by atoms with Crippen LogP contribution in [0.25, 0.3) is 0 Å². The molecule has 1 unspecified atom stereocenters. The van der Waals surface area contributed by atoms with Crippen LogP contribution in [-0.2, 0) is 17.8 Å². The Hall–Kier alpha value is -2.20. The molecule has 0 aliphatic rings. The number of aromatic nitrogens is 1. The Balaban J connectivity index is 0.00000544. The van der Waals surface area contributed by atoms with Gasteiger partial charge in [-0.2, -0.15) is 0 Å². The zero-order valence-electron chi connectivity index (χ0n) is 20.3. The van der Waals surface area contributed by atoms with Crippen LogP contribution in [-0.4, -0.2) is 73.0 Å². The number of hydrogen-bond donors (Lipinski definition) is 2. The van der Waals surface area contributed by atoms with Crippen LogP contribution >= 0.6 is 24.0 Å². The Bertz CT molecular complexity index is 818. The molecule has 2 aromatic rings. The first-order valence-corrected chi connectivity index (χ1v) is 11.4. The van der Waals surface area contributed by atoms with Gasteiger partial charge in [0.1, 0.15) is 6.54 Å². The molecule has 1 aromatic heterocycles. The molecule has 1 heterocycles. The fourth-order valence-electron chi connectivity index (χ4n) is 3.21. The van der Waals surface area contributed by atoms with Gasteiger partial charge in [0.15, 0.2) is 5.96 Å². The quantitative estimate of drug-likeness (QED) is 0.235. The highest BCUT2D eigenvalue weighted by Crippen LogP contribution is 2.07. The lowest BCUT2D eigenvalue weighted by atomic mass is 10.1. The van der Waals surface area contributed by atoms with Gasteiger partial charge < -0.3 is 15.5 Å². The number of carbonyl (C=O) groups excluding carboxylic acids is 1. The maximum atomic E-state index is 12.5. The first kappa shape index (κ1) is 28.8. The van der Waals surface area contributed by atoms with Gasteiger partial charge in [-0.1, -0.05) is 36.4 Å². The van der Waals surface area contributed by atoms with E-state index in [4.69, 9.17) is 0 Å². The lowest BCUT2D eigenvalue weighted by Crippen LogP contribution is -2.41. The van der Waals surface area contributed by atoms with Crippen LogP contribution in [0.1, 0.15) is 31.5 Å². The largest absolute Gasteiger partial charge is 0.357 e. The molecule has 0 saturated heterocycles. The summed E-state index contributed by atoms with van der Waals surface area (Å²) < 4.78 is 0. The maximum Gasteiger partial charge on any atom is 0.244 e. The van der Waals surface area contributed by atoms with Gasteiger partial charge >= 0.3 is 0 Å². The second-order valence-electron chi connectivity index (χ2n) is 8.05. The van der Waals surface area contributed by atoms with Crippen LogP contribution in [0.4, 0.5) is 0 Å². The van der Waals surface area contributed by atoms with Crippen molar-refractivity contribution in [3.05, 3.63) is 66.0 Å². The van der Waals surface area contributed by atoms with Crippen LogP contribution in [0.15, 0.2) is 59.7 Å². The Morgan fingerprint density at radius 1 is 1.09 bits per heavy atom. The lowest BCUT2D eigenvalue weighted by Gasteiger charge is -2.25. The summed E-state index contributed by atoms with van der Waals surface area (Å²) in [6, 6.07) is 16.8. The third-order valence-corrected chi connectivity index (χ3v) is 5.45. The molecular formula is C25H39IN6O. The van der Waals surface area contributed by atoms with E-state index in [1.807, 2.05) is 38.2 Å². The smallest absolute Gasteiger partial charge is 0.244 e. The first-order chi connectivity index (χ1) is 15.5. The molecule has 0 spiro atoms. The summed E-state index contributed by atoms with van der Waals surface area (Å²) in [6.07, 6.45) is 3.49. The van der Waals surface area contributed by atoms with Crippen LogP contribution in [0.5, 0.6) is 0 Å². The van der Waals surface area contributed by atoms with Crippen molar-refractivity contribution >= 4 is 35.8 Å². The summed E-state index contributed by atoms with van der Waals surface area (Å²) in [6.45, 7) is 7.46. The van der Waals surface area contributed by atoms with Gasteiger partial charge in [0.25, 0.3) is 0 Å². The zero-order chi connectivity index (χ0) is 23.2. The van der Waals surface area contributed by atoms with Gasteiger partial charge in [0, 0.05) is 57.6 Å². The van der Waals surface area contributed by atoms with Crippen molar-refractivity contribution in [1.29, 1.82) is 0 Å². The van der Waals surface area contributed by atoms with Gasteiger partial charge in [-0.25, -0.2) is 4.99 Å². The molecule has 0 aliphatic carbocycles. The Labute approximate surface area is 216 Å². The predicted molar refractivity (Wildman–Crippen MR) is 147 cm³/mol. The number of likely N-dealkylation sites (N-methyl/N-ethyl adjacent to an activating group) is 1. The number of amides is 1. The molecule has 33 heavy (non-hydrogen) atoms. The predicted octanol–water partition coefficient (Wildman–Crippen LogP) is 3.17. The van der Waals surface area contributed by atoms with E-state index in [1.54, 1.807) is 11.1 Å². The minimum absolute atomic E-state index is 0. The average Bonchev–Trinajstić information content (AvgIpc) is 2.81. The second kappa shape index (κ2) is 16.4. The topological polar surface area (TPSA) is 72.9 Å². The van der Waals surface area contributed by atoms with Gasteiger partial charge in [0.2, 0.25) is 5.91 Å². The third kappa shape index (κ3) is 11.5. The summed E-state index contributed by atoms with van der Waals surface area (Å²) in [7, 11) is 3.96. The van der Waals surface area contributed by atoms with E-state index in [2.05, 4.69) is 63.7 Å². The molecule has 182 valence electrons. The van der Waals surface area contributed by atoms with Crippen molar-refractivity contribution in [2.24, 2.45) is 4.99 Å². The molecule has 1 amide bonds. The number of rotatable bonds is 12. The number of guanidine groups is 1. The number of nitrogens with one attached hydrogen (secondary N) is 2. The van der Waals surface area contributed by atoms with Gasteiger partial charge in [-0.15, -0.1) is 24.0 Å². The molecule has 0 aliphatic heterocycles. The van der Waals surface area contributed by atoms with Crippen molar-refractivity contribution in [2.45, 2.75) is 39.3 Å². The van der Waals surface area contributed by atoms with Crippen molar-refractivity contribution in [1.82, 2.24) is 25.4 Å². The highest BCUT2D eigenvalue weighted by molar-refractivity contribution is 14.0. The molecule has 1 aromatic carbocycles. The highest BCUT2D eigenvalue weighted by Gasteiger charge is 2.11.